The van der Waals surface area contributed by atoms with Crippen molar-refractivity contribution < 1.29 is 13.2 Å². The monoisotopic (exact) mass is 449 g/mol. The van der Waals surface area contributed by atoms with E-state index in [9.17, 15) is 13.2 Å². The Bertz CT molecular complexity index is 1010. The third-order valence-corrected chi connectivity index (χ3v) is 7.58. The lowest BCUT2D eigenvalue weighted by Gasteiger charge is -2.30. The van der Waals surface area contributed by atoms with E-state index in [0.29, 0.717) is 18.8 Å². The normalized spacial score (nSPS) is 13.9. The van der Waals surface area contributed by atoms with E-state index in [1.54, 1.807) is 0 Å². The van der Waals surface area contributed by atoms with Crippen LogP contribution in [0.4, 0.5) is 5.69 Å². The third-order valence-electron chi connectivity index (χ3n) is 5.45. The molecule has 8 heteroatoms. The summed E-state index contributed by atoms with van der Waals surface area (Å²) in [6.07, 6.45) is 1.60. The van der Waals surface area contributed by atoms with E-state index in [4.69, 9.17) is 11.6 Å². The number of sulfonamides is 1. The van der Waals surface area contributed by atoms with Crippen molar-refractivity contribution in [1.29, 1.82) is 0 Å². The summed E-state index contributed by atoms with van der Waals surface area (Å²) in [7, 11) is -3.80. The van der Waals surface area contributed by atoms with Crippen LogP contribution in [0.15, 0.2) is 47.4 Å². The maximum atomic E-state index is 13.4. The number of likely N-dealkylation sites (N-methyl/N-ethyl adjacent to an activating group) is 1. The molecule has 2 aromatic rings. The van der Waals surface area contributed by atoms with Gasteiger partial charge in [-0.1, -0.05) is 43.6 Å². The second kappa shape index (κ2) is 9.81. The summed E-state index contributed by atoms with van der Waals surface area (Å²) in [6.45, 7) is 7.53. The van der Waals surface area contributed by atoms with Crippen LogP contribution < -0.4 is 9.62 Å². The van der Waals surface area contributed by atoms with E-state index in [0.717, 1.165) is 38.0 Å². The number of hydrogen-bond acceptors (Lipinski definition) is 4. The molecule has 1 heterocycles. The van der Waals surface area contributed by atoms with Crippen molar-refractivity contribution in [2.24, 2.45) is 0 Å². The van der Waals surface area contributed by atoms with Gasteiger partial charge in [0, 0.05) is 19.6 Å². The van der Waals surface area contributed by atoms with Crippen molar-refractivity contribution in [2.45, 2.75) is 31.6 Å². The predicted molar refractivity (Wildman–Crippen MR) is 121 cm³/mol. The number of carbonyl (C=O) groups excluding carboxylic acids is 1. The molecule has 1 amide bonds. The number of hydrogen-bond donors (Lipinski definition) is 1. The summed E-state index contributed by atoms with van der Waals surface area (Å²) in [5.41, 5.74) is 1.88. The lowest BCUT2D eigenvalue weighted by atomic mass is 10.0. The fraction of sp³-hybridized carbons (Fsp3) is 0.409. The number of aryl methyl sites for hydroxylation is 1. The fourth-order valence-corrected chi connectivity index (χ4v) is 5.45. The van der Waals surface area contributed by atoms with Gasteiger partial charge in [0.05, 0.1) is 21.2 Å². The molecule has 0 unspecified atom stereocenters. The van der Waals surface area contributed by atoms with Crippen LogP contribution in [0.3, 0.4) is 0 Å². The Labute approximate surface area is 183 Å². The molecule has 0 radical (unpaired) electrons. The molecule has 0 aromatic heterocycles. The Hall–Kier alpha value is -2.09. The van der Waals surface area contributed by atoms with Crippen LogP contribution in [-0.2, 0) is 16.4 Å². The van der Waals surface area contributed by atoms with Crippen molar-refractivity contribution in [3.63, 3.8) is 0 Å². The summed E-state index contributed by atoms with van der Waals surface area (Å²) in [4.78, 5) is 14.9. The molecule has 6 nitrogen and oxygen atoms in total. The largest absolute Gasteiger partial charge is 0.351 e. The second-order valence-corrected chi connectivity index (χ2v) is 9.50. The minimum atomic E-state index is -3.80. The first-order valence-corrected chi connectivity index (χ1v) is 12.1. The van der Waals surface area contributed by atoms with E-state index in [-0.39, 0.29) is 21.4 Å². The number of rotatable bonds is 8. The first kappa shape index (κ1) is 22.6. The molecule has 0 bridgehead atoms. The third kappa shape index (κ3) is 4.79. The van der Waals surface area contributed by atoms with E-state index >= 15 is 0 Å². The van der Waals surface area contributed by atoms with Gasteiger partial charge >= 0.3 is 0 Å². The van der Waals surface area contributed by atoms with Gasteiger partial charge in [-0.15, -0.1) is 0 Å². The van der Waals surface area contributed by atoms with Crippen LogP contribution >= 0.6 is 11.6 Å². The molecule has 1 aliphatic heterocycles. The van der Waals surface area contributed by atoms with E-state index < -0.39 is 10.0 Å². The zero-order valence-corrected chi connectivity index (χ0v) is 19.0. The van der Waals surface area contributed by atoms with Crippen LogP contribution in [0.25, 0.3) is 0 Å². The summed E-state index contributed by atoms with van der Waals surface area (Å²) in [6, 6.07) is 11.8. The van der Waals surface area contributed by atoms with Crippen LogP contribution in [0.5, 0.6) is 0 Å². The number of carbonyl (C=O) groups is 1. The van der Waals surface area contributed by atoms with Gasteiger partial charge in [0.25, 0.3) is 15.9 Å². The summed E-state index contributed by atoms with van der Waals surface area (Å²) < 4.78 is 28.2. The molecule has 3 rings (SSSR count). The van der Waals surface area contributed by atoms with Gasteiger partial charge in [0.2, 0.25) is 0 Å². The first-order valence-electron chi connectivity index (χ1n) is 10.3. The highest BCUT2D eigenvalue weighted by Crippen LogP contribution is 2.32. The molecule has 1 N–H and O–H groups in total. The van der Waals surface area contributed by atoms with Crippen LogP contribution in [0, 0.1) is 0 Å². The minimum Gasteiger partial charge on any atom is -0.351 e. The van der Waals surface area contributed by atoms with Crippen molar-refractivity contribution in [1.82, 2.24) is 10.2 Å². The van der Waals surface area contributed by atoms with Gasteiger partial charge in [-0.25, -0.2) is 8.42 Å². The van der Waals surface area contributed by atoms with Gasteiger partial charge in [-0.3, -0.25) is 9.10 Å². The van der Waals surface area contributed by atoms with Crippen molar-refractivity contribution in [3.05, 3.63) is 58.6 Å². The molecule has 162 valence electrons. The second-order valence-electron chi connectivity index (χ2n) is 7.23. The number of nitrogens with zero attached hydrogens (tertiary/aromatic N) is 2. The van der Waals surface area contributed by atoms with Gasteiger partial charge in [0.1, 0.15) is 0 Å². The molecular formula is C22H28ClN3O3S. The molecule has 0 atom stereocenters. The number of amides is 1. The van der Waals surface area contributed by atoms with E-state index in [1.807, 2.05) is 24.3 Å². The SMILES string of the molecule is CCN(CC)CCNC(=O)c1cc(S(=O)(=O)N2CCCc3ccccc32)ccc1Cl. The number of nitrogens with one attached hydrogen (secondary N) is 1. The van der Waals surface area contributed by atoms with Crippen molar-refractivity contribution in [3.8, 4) is 0 Å². The highest BCUT2D eigenvalue weighted by molar-refractivity contribution is 7.92. The molecule has 0 saturated heterocycles. The lowest BCUT2D eigenvalue weighted by molar-refractivity contribution is 0.0949. The molecule has 1 aliphatic rings. The molecule has 0 fully saturated rings. The topological polar surface area (TPSA) is 69.7 Å². The molecule has 0 spiro atoms. The standard InChI is InChI=1S/C22H28ClN3O3S/c1-3-25(4-2)15-13-24-22(27)19-16-18(11-12-20(19)23)30(28,29)26-14-7-9-17-8-5-6-10-21(17)26/h5-6,8,10-12,16H,3-4,7,9,13-15H2,1-2H3,(H,24,27). The Morgan fingerprint density at radius 2 is 1.90 bits per heavy atom. The number of halogens is 1. The minimum absolute atomic E-state index is 0.0671. The summed E-state index contributed by atoms with van der Waals surface area (Å²) >= 11 is 6.22. The quantitative estimate of drug-likeness (QED) is 0.669. The maximum absolute atomic E-state index is 13.4. The van der Waals surface area contributed by atoms with Crippen LogP contribution in [0.2, 0.25) is 5.02 Å². The first-order chi connectivity index (χ1) is 14.4. The fourth-order valence-electron chi connectivity index (χ4n) is 3.68. The highest BCUT2D eigenvalue weighted by atomic mass is 35.5. The van der Waals surface area contributed by atoms with Gasteiger partial charge < -0.3 is 10.2 Å². The average molecular weight is 450 g/mol. The molecule has 2 aromatic carbocycles. The van der Waals surface area contributed by atoms with E-state index in [2.05, 4.69) is 24.1 Å². The zero-order chi connectivity index (χ0) is 21.7. The lowest BCUT2D eigenvalue weighted by Crippen LogP contribution is -2.36. The zero-order valence-electron chi connectivity index (χ0n) is 17.4. The number of anilines is 1. The Morgan fingerprint density at radius 3 is 2.63 bits per heavy atom. The average Bonchev–Trinajstić information content (AvgIpc) is 2.76. The van der Waals surface area contributed by atoms with E-state index in [1.165, 1.54) is 22.5 Å². The van der Waals surface area contributed by atoms with Crippen LogP contribution in [0.1, 0.15) is 36.2 Å². The van der Waals surface area contributed by atoms with Gasteiger partial charge in [-0.2, -0.15) is 0 Å². The Kier molecular flexibility index (Phi) is 7.39. The Balaban J connectivity index is 1.83. The predicted octanol–water partition coefficient (Wildman–Crippen LogP) is 3.55. The summed E-state index contributed by atoms with van der Waals surface area (Å²) in [5, 5.41) is 3.07. The molecule has 0 aliphatic carbocycles. The highest BCUT2D eigenvalue weighted by Gasteiger charge is 2.29. The molecule has 0 saturated carbocycles. The number of fused-ring (bicyclic) bond motifs is 1. The number of para-hydroxylation sites is 1. The maximum Gasteiger partial charge on any atom is 0.264 e. The van der Waals surface area contributed by atoms with Crippen molar-refractivity contribution >= 4 is 33.2 Å². The van der Waals surface area contributed by atoms with Gasteiger partial charge in [-0.05, 0) is 55.8 Å². The summed E-state index contributed by atoms with van der Waals surface area (Å²) in [5.74, 6) is -0.372. The Morgan fingerprint density at radius 1 is 1.17 bits per heavy atom. The number of benzene rings is 2. The van der Waals surface area contributed by atoms with Gasteiger partial charge in [0.15, 0.2) is 0 Å². The van der Waals surface area contributed by atoms with Crippen LogP contribution in [-0.4, -0.2) is 51.9 Å². The molecule has 30 heavy (non-hydrogen) atoms. The smallest absolute Gasteiger partial charge is 0.264 e. The molecular weight excluding hydrogens is 422 g/mol. The van der Waals surface area contributed by atoms with Crippen molar-refractivity contribution in [2.75, 3.05) is 37.0 Å².